The molecule has 7 N–H and O–H groups in total. The van der Waals surface area contributed by atoms with Crippen LogP contribution in [0.2, 0.25) is 0 Å². The molecule has 0 aromatic rings. The first-order valence-corrected chi connectivity index (χ1v) is 8.51. The zero-order valence-corrected chi connectivity index (χ0v) is 17.9. The molecule has 0 heterocycles. The fourth-order valence-corrected chi connectivity index (χ4v) is 0.355. The lowest BCUT2D eigenvalue weighted by molar-refractivity contribution is -0.145. The largest absolute Gasteiger partial charge is 0.478 e. The van der Waals surface area contributed by atoms with Gasteiger partial charge in [0.05, 0.1) is 26.4 Å². The maximum absolute atomic E-state index is 9.86. The van der Waals surface area contributed by atoms with E-state index in [-0.39, 0.29) is 13.2 Å². The molecule has 11 heteroatoms. The second kappa shape index (κ2) is 28.6. The summed E-state index contributed by atoms with van der Waals surface area (Å²) in [7, 11) is 0. The lowest BCUT2D eigenvalue weighted by Gasteiger charge is -2.10. The smallest absolute Gasteiger partial charge is 0.330 e. The minimum absolute atomic E-state index is 0.0278. The molecule has 0 aliphatic heterocycles. The predicted octanol–water partition coefficient (Wildman–Crippen LogP) is 0.636. The number of rotatable bonds is 8. The average molecular weight is 440 g/mol. The summed E-state index contributed by atoms with van der Waals surface area (Å²) in [5, 5.41) is 56.3. The Bertz CT molecular complexity index is 455. The standard InChI is InChI=1S/C5H8O2.C4H10O3.C4H10O2.2C3H4O2/c1-3-4(2)5(6)7;5-1-3-7-4-2-6;1-3-4(2,5)6;2*1-2-3(4)5/h3H,1-2H3,(H,6,7);5-6H,1-4H2;5-6H,3H2,1-2H3;2*2H,1H2,(H,4,5). The van der Waals surface area contributed by atoms with Crippen molar-refractivity contribution in [3.05, 3.63) is 37.0 Å². The highest BCUT2D eigenvalue weighted by molar-refractivity contribution is 5.85. The maximum atomic E-state index is 9.86. The van der Waals surface area contributed by atoms with E-state index in [1.54, 1.807) is 26.8 Å². The summed E-state index contributed by atoms with van der Waals surface area (Å²) < 4.78 is 4.63. The Morgan fingerprint density at radius 2 is 1.20 bits per heavy atom. The van der Waals surface area contributed by atoms with Crippen LogP contribution in [0.1, 0.15) is 34.1 Å². The highest BCUT2D eigenvalue weighted by atomic mass is 16.5. The third-order valence-electron chi connectivity index (χ3n) is 2.26. The molecule has 0 aliphatic carbocycles. The molecule has 11 nitrogen and oxygen atoms in total. The Hall–Kier alpha value is -2.57. The van der Waals surface area contributed by atoms with Crippen LogP contribution in [0.15, 0.2) is 37.0 Å². The first kappa shape index (κ1) is 38.1. The van der Waals surface area contributed by atoms with Crippen LogP contribution in [0.25, 0.3) is 0 Å². The SMILES string of the molecule is C=CC(=O)O.C=CC(=O)O.CC=C(C)C(=O)O.CCC(C)(O)O.OCCOCCO. The van der Waals surface area contributed by atoms with Gasteiger partial charge >= 0.3 is 17.9 Å². The minimum Gasteiger partial charge on any atom is -0.478 e. The van der Waals surface area contributed by atoms with Gasteiger partial charge in [-0.25, -0.2) is 14.4 Å². The molecule has 0 rings (SSSR count). The molecule has 0 saturated heterocycles. The highest BCUT2D eigenvalue weighted by Gasteiger charge is 2.08. The van der Waals surface area contributed by atoms with Gasteiger partial charge < -0.3 is 40.5 Å². The third kappa shape index (κ3) is 72.9. The molecule has 0 aliphatic rings. The molecular formula is C19H36O11. The van der Waals surface area contributed by atoms with Crippen molar-refractivity contribution in [1.29, 1.82) is 0 Å². The van der Waals surface area contributed by atoms with E-state index in [1.165, 1.54) is 6.92 Å². The van der Waals surface area contributed by atoms with Gasteiger partial charge in [0.25, 0.3) is 0 Å². The van der Waals surface area contributed by atoms with Gasteiger partial charge in [0.1, 0.15) is 0 Å². The quantitative estimate of drug-likeness (QED) is 0.158. The topological polar surface area (TPSA) is 202 Å². The Balaban J connectivity index is -0.0000000875. The van der Waals surface area contributed by atoms with E-state index in [9.17, 15) is 14.4 Å². The lowest BCUT2D eigenvalue weighted by atomic mass is 10.3. The van der Waals surface area contributed by atoms with E-state index < -0.39 is 23.7 Å². The Labute approximate surface area is 176 Å². The zero-order valence-electron chi connectivity index (χ0n) is 17.9. The molecule has 0 spiro atoms. The molecule has 178 valence electrons. The van der Waals surface area contributed by atoms with Crippen molar-refractivity contribution in [1.82, 2.24) is 0 Å². The Morgan fingerprint density at radius 3 is 1.27 bits per heavy atom. The van der Waals surface area contributed by atoms with Crippen LogP contribution in [-0.4, -0.2) is 85.9 Å². The second-order valence-electron chi connectivity index (χ2n) is 4.99. The van der Waals surface area contributed by atoms with Crippen molar-refractivity contribution < 1.29 is 54.9 Å². The predicted molar refractivity (Wildman–Crippen MR) is 111 cm³/mol. The highest BCUT2D eigenvalue weighted by Crippen LogP contribution is 1.99. The van der Waals surface area contributed by atoms with Crippen molar-refractivity contribution in [2.75, 3.05) is 26.4 Å². The van der Waals surface area contributed by atoms with E-state index >= 15 is 0 Å². The number of allylic oxidation sites excluding steroid dienone is 1. The van der Waals surface area contributed by atoms with Gasteiger partial charge in [0.15, 0.2) is 5.79 Å². The van der Waals surface area contributed by atoms with E-state index in [4.69, 9.17) is 35.7 Å². The van der Waals surface area contributed by atoms with Crippen molar-refractivity contribution in [3.8, 4) is 0 Å². The van der Waals surface area contributed by atoms with Crippen molar-refractivity contribution in [2.45, 2.75) is 39.9 Å². The van der Waals surface area contributed by atoms with Crippen LogP contribution in [0.4, 0.5) is 0 Å². The van der Waals surface area contributed by atoms with Gasteiger partial charge in [-0.3, -0.25) is 0 Å². The molecule has 30 heavy (non-hydrogen) atoms. The summed E-state index contributed by atoms with van der Waals surface area (Å²) in [5.74, 6) is -4.27. The van der Waals surface area contributed by atoms with Crippen LogP contribution in [0, 0.1) is 0 Å². The number of carboxylic acid groups (broad SMARTS) is 3. The average Bonchev–Trinajstić information content (AvgIpc) is 2.68. The van der Waals surface area contributed by atoms with Crippen LogP contribution in [0.5, 0.6) is 0 Å². The van der Waals surface area contributed by atoms with Crippen LogP contribution < -0.4 is 0 Å². The molecule has 0 aromatic carbocycles. The monoisotopic (exact) mass is 440 g/mol. The van der Waals surface area contributed by atoms with Crippen LogP contribution >= 0.6 is 0 Å². The fraction of sp³-hybridized carbons (Fsp3) is 0.526. The number of aliphatic hydroxyl groups excluding tert-OH is 2. The lowest BCUT2D eigenvalue weighted by Crippen LogP contribution is -2.20. The van der Waals surface area contributed by atoms with Gasteiger partial charge in [-0.05, 0) is 27.2 Å². The first-order valence-electron chi connectivity index (χ1n) is 8.51. The third-order valence-corrected chi connectivity index (χ3v) is 2.26. The van der Waals surface area contributed by atoms with Gasteiger partial charge in [-0.2, -0.15) is 0 Å². The number of aliphatic carboxylic acids is 3. The summed E-state index contributed by atoms with van der Waals surface area (Å²) in [5.41, 5.74) is 0.389. The summed E-state index contributed by atoms with van der Waals surface area (Å²) in [4.78, 5) is 28.4. The summed E-state index contributed by atoms with van der Waals surface area (Å²) in [6.45, 7) is 12.9. The molecule has 0 radical (unpaired) electrons. The number of aliphatic hydroxyl groups is 4. The van der Waals surface area contributed by atoms with Crippen LogP contribution in [-0.2, 0) is 19.1 Å². The molecule has 0 amide bonds. The fourth-order valence-electron chi connectivity index (χ4n) is 0.355. The number of hydrogen-bond acceptors (Lipinski definition) is 8. The second-order valence-corrected chi connectivity index (χ2v) is 4.99. The normalized spacial score (nSPS) is 9.40. The summed E-state index contributed by atoms with van der Waals surface area (Å²) in [6, 6.07) is 0. The van der Waals surface area contributed by atoms with Gasteiger partial charge in [0, 0.05) is 17.7 Å². The molecule has 0 fully saturated rings. The molecule has 0 atom stereocenters. The maximum Gasteiger partial charge on any atom is 0.330 e. The number of ether oxygens (including phenoxy) is 1. The van der Waals surface area contributed by atoms with Crippen molar-refractivity contribution in [3.63, 3.8) is 0 Å². The summed E-state index contributed by atoms with van der Waals surface area (Å²) in [6.07, 6.45) is 3.61. The molecule has 0 aromatic heterocycles. The Morgan fingerprint density at radius 1 is 0.933 bits per heavy atom. The van der Waals surface area contributed by atoms with E-state index in [2.05, 4.69) is 17.9 Å². The Kier molecular flexibility index (Phi) is 36.4. The number of hydrogen-bond donors (Lipinski definition) is 7. The molecule has 0 bridgehead atoms. The first-order chi connectivity index (χ1) is 13.7. The van der Waals surface area contributed by atoms with E-state index in [0.717, 1.165) is 12.2 Å². The summed E-state index contributed by atoms with van der Waals surface area (Å²) >= 11 is 0. The van der Waals surface area contributed by atoms with Gasteiger partial charge in [-0.15, -0.1) is 0 Å². The molecule has 0 saturated carbocycles. The van der Waals surface area contributed by atoms with Crippen molar-refractivity contribution >= 4 is 17.9 Å². The van der Waals surface area contributed by atoms with E-state index in [1.807, 2.05) is 0 Å². The van der Waals surface area contributed by atoms with Gasteiger partial charge in [-0.1, -0.05) is 26.2 Å². The van der Waals surface area contributed by atoms with Crippen LogP contribution in [0.3, 0.4) is 0 Å². The molecule has 0 unspecified atom stereocenters. The van der Waals surface area contributed by atoms with E-state index in [0.29, 0.717) is 25.2 Å². The molecular weight excluding hydrogens is 404 g/mol. The van der Waals surface area contributed by atoms with Gasteiger partial charge in [0.2, 0.25) is 0 Å². The van der Waals surface area contributed by atoms with Crippen molar-refractivity contribution in [2.24, 2.45) is 0 Å². The number of carboxylic acids is 3. The number of carbonyl (C=O) groups is 3. The zero-order chi connectivity index (χ0) is 25.2. The minimum atomic E-state index is -1.46.